The minimum absolute atomic E-state index is 0.124. The van der Waals surface area contributed by atoms with Crippen molar-refractivity contribution in [2.24, 2.45) is 0 Å². The van der Waals surface area contributed by atoms with E-state index in [4.69, 9.17) is 9.47 Å². The van der Waals surface area contributed by atoms with Crippen molar-refractivity contribution in [3.05, 3.63) is 67.5 Å². The van der Waals surface area contributed by atoms with Gasteiger partial charge in [-0.1, -0.05) is 0 Å². The highest BCUT2D eigenvalue weighted by atomic mass is 32.1. The maximum Gasteiger partial charge on any atom is 0.268 e. The first-order chi connectivity index (χ1) is 13.4. The Balaban J connectivity index is 1.64. The molecule has 7 nitrogen and oxygen atoms in total. The van der Waals surface area contributed by atoms with Crippen molar-refractivity contribution < 1.29 is 14.3 Å². The van der Waals surface area contributed by atoms with Gasteiger partial charge in [-0.3, -0.25) is 14.2 Å². The van der Waals surface area contributed by atoms with E-state index in [2.05, 4.69) is 10.3 Å². The maximum atomic E-state index is 13.0. The van der Waals surface area contributed by atoms with Gasteiger partial charge in [-0.15, -0.1) is 11.3 Å². The Hall–Kier alpha value is -3.13. The summed E-state index contributed by atoms with van der Waals surface area (Å²) in [5, 5.41) is 3.79. The summed E-state index contributed by atoms with van der Waals surface area (Å²) in [6, 6.07) is 6.99. The van der Waals surface area contributed by atoms with E-state index in [1.165, 1.54) is 15.9 Å². The predicted molar refractivity (Wildman–Crippen MR) is 106 cm³/mol. The fraction of sp³-hybridized carbons (Fsp3) is 0.250. The monoisotopic (exact) mass is 397 g/mol. The van der Waals surface area contributed by atoms with E-state index < -0.39 is 5.91 Å². The molecule has 0 atom stereocenters. The number of hydrogen-bond acceptors (Lipinski definition) is 6. The summed E-state index contributed by atoms with van der Waals surface area (Å²) in [5.74, 6) is 0.812. The molecule has 0 fully saturated rings. The number of benzene rings is 1. The molecule has 0 saturated carbocycles. The average Bonchev–Trinajstić information content (AvgIpc) is 3.25. The normalized spacial score (nSPS) is 12.2. The molecule has 1 aromatic carbocycles. The highest BCUT2D eigenvalue weighted by Crippen LogP contribution is 2.33. The largest absolute Gasteiger partial charge is 0.454 e. The van der Waals surface area contributed by atoms with Crippen LogP contribution in [0.15, 0.2) is 35.3 Å². The van der Waals surface area contributed by atoms with Gasteiger partial charge >= 0.3 is 0 Å². The van der Waals surface area contributed by atoms with Gasteiger partial charge in [0.15, 0.2) is 11.5 Å². The minimum atomic E-state index is -0.400. The first-order valence-corrected chi connectivity index (χ1v) is 9.59. The third kappa shape index (κ3) is 3.27. The van der Waals surface area contributed by atoms with Crippen molar-refractivity contribution in [2.45, 2.75) is 27.3 Å². The van der Waals surface area contributed by atoms with Gasteiger partial charge in [-0.05, 0) is 44.5 Å². The summed E-state index contributed by atoms with van der Waals surface area (Å²) < 4.78 is 12.1. The Morgan fingerprint density at radius 1 is 1.21 bits per heavy atom. The molecule has 0 bridgehead atoms. The Morgan fingerprint density at radius 3 is 2.75 bits per heavy atom. The van der Waals surface area contributed by atoms with Crippen LogP contribution in [0.1, 0.15) is 31.5 Å². The standard InChI is InChI=1S/C20H19N3O4S/c1-11-6-7-23(14-4-5-15-16(8-14)27-10-26-15)20(25)18(11)19(24)21-9-17-12(2)22-13(3)28-17/h4-8H,9-10H2,1-3H3,(H,21,24). The second kappa shape index (κ2) is 7.12. The number of nitrogens with zero attached hydrogens (tertiary/aromatic N) is 2. The SMILES string of the molecule is Cc1nc(C)c(CNC(=O)c2c(C)ccn(-c3ccc4c(c3)OCO4)c2=O)s1. The van der Waals surface area contributed by atoms with Crippen LogP contribution in [-0.2, 0) is 6.54 Å². The van der Waals surface area contributed by atoms with Crippen molar-refractivity contribution in [1.82, 2.24) is 14.9 Å². The summed E-state index contributed by atoms with van der Waals surface area (Å²) in [4.78, 5) is 31.1. The number of rotatable bonds is 4. The lowest BCUT2D eigenvalue weighted by molar-refractivity contribution is 0.0949. The van der Waals surface area contributed by atoms with Crippen LogP contribution in [0.2, 0.25) is 0 Å². The topological polar surface area (TPSA) is 82.5 Å². The van der Waals surface area contributed by atoms with Crippen LogP contribution in [0.25, 0.3) is 5.69 Å². The van der Waals surface area contributed by atoms with E-state index >= 15 is 0 Å². The highest BCUT2D eigenvalue weighted by molar-refractivity contribution is 7.11. The van der Waals surface area contributed by atoms with E-state index in [1.807, 2.05) is 13.8 Å². The summed E-state index contributed by atoms with van der Waals surface area (Å²) in [5.41, 5.74) is 1.87. The van der Waals surface area contributed by atoms with E-state index in [-0.39, 0.29) is 17.9 Å². The number of aryl methyl sites for hydroxylation is 3. The van der Waals surface area contributed by atoms with Crippen LogP contribution in [0, 0.1) is 20.8 Å². The van der Waals surface area contributed by atoms with Crippen LogP contribution >= 0.6 is 11.3 Å². The number of carbonyl (C=O) groups excluding carboxylic acids is 1. The summed E-state index contributed by atoms with van der Waals surface area (Å²) in [6.07, 6.45) is 1.66. The second-order valence-corrected chi connectivity index (χ2v) is 7.80. The molecule has 144 valence electrons. The third-order valence-electron chi connectivity index (χ3n) is 4.57. The zero-order valence-electron chi connectivity index (χ0n) is 15.7. The van der Waals surface area contributed by atoms with E-state index in [1.54, 1.807) is 37.4 Å². The number of amides is 1. The molecule has 2 aromatic heterocycles. The van der Waals surface area contributed by atoms with Gasteiger partial charge in [-0.2, -0.15) is 0 Å². The molecule has 4 rings (SSSR count). The van der Waals surface area contributed by atoms with Gasteiger partial charge < -0.3 is 14.8 Å². The van der Waals surface area contributed by atoms with Crippen LogP contribution in [-0.4, -0.2) is 22.3 Å². The lowest BCUT2D eigenvalue weighted by atomic mass is 10.1. The van der Waals surface area contributed by atoms with Crippen molar-refractivity contribution in [3.8, 4) is 17.2 Å². The number of ether oxygens (including phenoxy) is 2. The van der Waals surface area contributed by atoms with Crippen LogP contribution in [0.3, 0.4) is 0 Å². The summed E-state index contributed by atoms with van der Waals surface area (Å²) in [6.45, 7) is 6.09. The number of hydrogen-bond donors (Lipinski definition) is 1. The zero-order chi connectivity index (χ0) is 19.8. The molecular formula is C20H19N3O4S. The van der Waals surface area contributed by atoms with Crippen molar-refractivity contribution in [3.63, 3.8) is 0 Å². The number of fused-ring (bicyclic) bond motifs is 1. The van der Waals surface area contributed by atoms with Gasteiger partial charge in [0.25, 0.3) is 11.5 Å². The van der Waals surface area contributed by atoms with Gasteiger partial charge in [0.1, 0.15) is 5.56 Å². The number of aromatic nitrogens is 2. The number of carbonyl (C=O) groups is 1. The van der Waals surface area contributed by atoms with Gasteiger partial charge in [0.2, 0.25) is 6.79 Å². The molecule has 1 aliphatic rings. The lowest BCUT2D eigenvalue weighted by Crippen LogP contribution is -2.33. The molecule has 28 heavy (non-hydrogen) atoms. The Bertz CT molecular complexity index is 1130. The third-order valence-corrected chi connectivity index (χ3v) is 5.64. The highest BCUT2D eigenvalue weighted by Gasteiger charge is 2.19. The molecule has 1 aliphatic heterocycles. The van der Waals surface area contributed by atoms with E-state index in [0.29, 0.717) is 29.3 Å². The minimum Gasteiger partial charge on any atom is -0.454 e. The van der Waals surface area contributed by atoms with E-state index in [0.717, 1.165) is 15.6 Å². The van der Waals surface area contributed by atoms with Gasteiger partial charge in [0.05, 0.1) is 22.9 Å². The fourth-order valence-electron chi connectivity index (χ4n) is 3.13. The summed E-state index contributed by atoms with van der Waals surface area (Å²) >= 11 is 1.54. The van der Waals surface area contributed by atoms with E-state index in [9.17, 15) is 9.59 Å². The van der Waals surface area contributed by atoms with Crippen molar-refractivity contribution in [2.75, 3.05) is 6.79 Å². The molecule has 0 spiro atoms. The number of pyridine rings is 1. The molecule has 0 unspecified atom stereocenters. The van der Waals surface area contributed by atoms with Crippen LogP contribution in [0.4, 0.5) is 0 Å². The van der Waals surface area contributed by atoms with Crippen LogP contribution in [0.5, 0.6) is 11.5 Å². The Labute approximate surface area is 165 Å². The fourth-order valence-corrected chi connectivity index (χ4v) is 4.00. The second-order valence-electron chi connectivity index (χ2n) is 6.51. The molecule has 8 heteroatoms. The molecular weight excluding hydrogens is 378 g/mol. The number of thiazole rings is 1. The lowest BCUT2D eigenvalue weighted by Gasteiger charge is -2.11. The van der Waals surface area contributed by atoms with Crippen molar-refractivity contribution in [1.29, 1.82) is 0 Å². The van der Waals surface area contributed by atoms with Crippen molar-refractivity contribution >= 4 is 17.2 Å². The Kier molecular flexibility index (Phi) is 4.64. The summed E-state index contributed by atoms with van der Waals surface area (Å²) in [7, 11) is 0. The molecule has 1 amide bonds. The quantitative estimate of drug-likeness (QED) is 0.732. The smallest absolute Gasteiger partial charge is 0.268 e. The van der Waals surface area contributed by atoms with Gasteiger partial charge in [-0.25, -0.2) is 4.98 Å². The van der Waals surface area contributed by atoms with Crippen LogP contribution < -0.4 is 20.3 Å². The average molecular weight is 397 g/mol. The molecule has 0 aliphatic carbocycles. The first kappa shape index (κ1) is 18.2. The first-order valence-electron chi connectivity index (χ1n) is 8.77. The maximum absolute atomic E-state index is 13.0. The molecule has 3 aromatic rings. The molecule has 1 N–H and O–H groups in total. The Morgan fingerprint density at radius 2 is 2.00 bits per heavy atom. The number of nitrogens with one attached hydrogen (secondary N) is 1. The predicted octanol–water partition coefficient (Wildman–Crippen LogP) is 2.88. The zero-order valence-corrected chi connectivity index (χ0v) is 16.6. The molecule has 3 heterocycles. The molecule has 0 saturated heterocycles. The van der Waals surface area contributed by atoms with Gasteiger partial charge in [0, 0.05) is 17.1 Å². The molecule has 0 radical (unpaired) electrons.